The molecule has 0 unspecified atom stereocenters. The Bertz CT molecular complexity index is 1610. The second-order valence-corrected chi connectivity index (χ2v) is 8.38. The van der Waals surface area contributed by atoms with E-state index in [1.165, 1.54) is 6.20 Å². The van der Waals surface area contributed by atoms with E-state index in [2.05, 4.69) is 25.6 Å². The highest BCUT2D eigenvalue weighted by atomic mass is 16.5. The quantitative estimate of drug-likeness (QED) is 0.218. The number of hydrogen-bond acceptors (Lipinski definition) is 6. The zero-order valence-corrected chi connectivity index (χ0v) is 20.0. The molecule has 9 heteroatoms. The molecule has 2 heterocycles. The number of nitrogens with zero attached hydrogens (tertiary/aromatic N) is 1. The van der Waals surface area contributed by atoms with Gasteiger partial charge in [-0.15, -0.1) is 0 Å². The Balaban J connectivity index is 1.44. The van der Waals surface area contributed by atoms with E-state index >= 15 is 0 Å². The van der Waals surface area contributed by atoms with Crippen LogP contribution in [0.4, 0.5) is 11.4 Å². The van der Waals surface area contributed by atoms with Crippen molar-refractivity contribution in [3.05, 3.63) is 107 Å². The number of carbonyl (C=O) groups is 1. The van der Waals surface area contributed by atoms with Crippen molar-refractivity contribution in [2.75, 3.05) is 24.3 Å². The molecule has 0 spiro atoms. The maximum atomic E-state index is 12.9. The number of aromatic nitrogens is 3. The summed E-state index contributed by atoms with van der Waals surface area (Å²) < 4.78 is 5.21. The fourth-order valence-electron chi connectivity index (χ4n) is 4.07. The van der Waals surface area contributed by atoms with E-state index in [0.29, 0.717) is 45.1 Å². The molecule has 5 N–H and O–H groups in total. The van der Waals surface area contributed by atoms with Gasteiger partial charge in [0, 0.05) is 18.3 Å². The molecule has 0 bridgehead atoms. The Morgan fingerprint density at radius 1 is 1.03 bits per heavy atom. The van der Waals surface area contributed by atoms with E-state index in [4.69, 9.17) is 4.74 Å². The second kappa shape index (κ2) is 10.4. The Kier molecular flexibility index (Phi) is 6.69. The van der Waals surface area contributed by atoms with Crippen LogP contribution < -0.4 is 20.9 Å². The van der Waals surface area contributed by atoms with Crippen LogP contribution in [0.5, 0.6) is 5.75 Å². The molecule has 3 aromatic carbocycles. The lowest BCUT2D eigenvalue weighted by atomic mass is 10.1. The van der Waals surface area contributed by atoms with Gasteiger partial charge in [-0.25, -0.2) is 4.98 Å². The predicted molar refractivity (Wildman–Crippen MR) is 143 cm³/mol. The smallest absolute Gasteiger partial charge is 0.261 e. The first-order valence-electron chi connectivity index (χ1n) is 11.7. The summed E-state index contributed by atoms with van der Waals surface area (Å²) >= 11 is 0. The van der Waals surface area contributed by atoms with Crippen molar-refractivity contribution in [2.24, 2.45) is 0 Å². The number of amides is 1. The van der Waals surface area contributed by atoms with Gasteiger partial charge in [-0.2, -0.15) is 0 Å². The van der Waals surface area contributed by atoms with E-state index < -0.39 is 6.10 Å². The summed E-state index contributed by atoms with van der Waals surface area (Å²) in [7, 11) is 1.54. The average Bonchev–Trinajstić information content (AvgIpc) is 3.37. The van der Waals surface area contributed by atoms with Gasteiger partial charge in [-0.3, -0.25) is 9.59 Å². The zero-order chi connectivity index (χ0) is 25.8. The van der Waals surface area contributed by atoms with Crippen LogP contribution >= 0.6 is 0 Å². The van der Waals surface area contributed by atoms with E-state index in [0.717, 1.165) is 5.56 Å². The van der Waals surface area contributed by atoms with Crippen molar-refractivity contribution in [1.82, 2.24) is 15.0 Å². The van der Waals surface area contributed by atoms with Crippen LogP contribution in [-0.4, -0.2) is 39.6 Å². The van der Waals surface area contributed by atoms with Crippen LogP contribution in [-0.2, 0) is 0 Å². The van der Waals surface area contributed by atoms with Crippen molar-refractivity contribution in [1.29, 1.82) is 0 Å². The molecular weight excluding hydrogens is 470 g/mol. The largest absolute Gasteiger partial charge is 0.497 e. The molecule has 1 atom stereocenters. The number of rotatable bonds is 8. The lowest BCUT2D eigenvalue weighted by molar-refractivity contribution is 0.102. The van der Waals surface area contributed by atoms with Gasteiger partial charge in [0.15, 0.2) is 0 Å². The van der Waals surface area contributed by atoms with Crippen molar-refractivity contribution in [2.45, 2.75) is 6.10 Å². The third-order valence-electron chi connectivity index (χ3n) is 5.96. The summed E-state index contributed by atoms with van der Waals surface area (Å²) in [5.41, 5.74) is 3.32. The number of H-pyrrole nitrogens is 2. The zero-order valence-electron chi connectivity index (χ0n) is 20.0. The van der Waals surface area contributed by atoms with Gasteiger partial charge in [-0.1, -0.05) is 42.5 Å². The van der Waals surface area contributed by atoms with Crippen molar-refractivity contribution < 1.29 is 14.6 Å². The van der Waals surface area contributed by atoms with Gasteiger partial charge in [0.05, 0.1) is 30.1 Å². The normalized spacial score (nSPS) is 11.7. The highest BCUT2D eigenvalue weighted by Crippen LogP contribution is 2.28. The third kappa shape index (κ3) is 5.07. The van der Waals surface area contributed by atoms with Crippen molar-refractivity contribution in [3.8, 4) is 17.1 Å². The first-order valence-corrected chi connectivity index (χ1v) is 11.7. The Morgan fingerprint density at radius 2 is 1.84 bits per heavy atom. The van der Waals surface area contributed by atoms with E-state index in [9.17, 15) is 14.7 Å². The number of anilines is 2. The summed E-state index contributed by atoms with van der Waals surface area (Å²) in [4.78, 5) is 36.2. The standard InChI is InChI=1S/C28H25N5O4/c1-37-19-10-5-9-18(15-19)27(35)32-22-12-6-11-21-25(22)33-26(31-21)24-20(13-14-29-28(24)36)30-16-23(34)17-7-3-2-4-8-17/h2-15,23,34H,16H2,1H3,(H,31,33)(H,32,35)(H2,29,30,36)/t23-/m1/s1. The Hall–Kier alpha value is -4.89. The molecule has 9 nitrogen and oxygen atoms in total. The number of benzene rings is 3. The lowest BCUT2D eigenvalue weighted by Crippen LogP contribution is -2.17. The van der Waals surface area contributed by atoms with Gasteiger partial charge >= 0.3 is 0 Å². The number of para-hydroxylation sites is 1. The van der Waals surface area contributed by atoms with Gasteiger partial charge in [0.1, 0.15) is 22.7 Å². The molecule has 0 radical (unpaired) electrons. The summed E-state index contributed by atoms with van der Waals surface area (Å²) in [6.07, 6.45) is 0.772. The molecule has 0 aliphatic heterocycles. The number of imidazole rings is 1. The molecule has 186 valence electrons. The van der Waals surface area contributed by atoms with Crippen LogP contribution in [0.15, 0.2) is 89.9 Å². The molecule has 0 aliphatic carbocycles. The van der Waals surface area contributed by atoms with E-state index in [1.807, 2.05) is 36.4 Å². The monoisotopic (exact) mass is 495 g/mol. The van der Waals surface area contributed by atoms with E-state index in [-0.39, 0.29) is 18.0 Å². The molecule has 2 aromatic heterocycles. The van der Waals surface area contributed by atoms with Crippen molar-refractivity contribution >= 4 is 28.3 Å². The first kappa shape index (κ1) is 23.8. The molecule has 0 aliphatic rings. The number of hydrogen-bond donors (Lipinski definition) is 5. The fraction of sp³-hybridized carbons (Fsp3) is 0.107. The number of carbonyl (C=O) groups excluding carboxylic acids is 1. The molecule has 37 heavy (non-hydrogen) atoms. The molecular formula is C28H25N5O4. The second-order valence-electron chi connectivity index (χ2n) is 8.38. The number of aliphatic hydroxyl groups is 1. The fourth-order valence-corrected chi connectivity index (χ4v) is 4.07. The molecule has 0 fully saturated rings. The summed E-state index contributed by atoms with van der Waals surface area (Å²) in [5, 5.41) is 16.6. The van der Waals surface area contributed by atoms with Crippen LogP contribution in [0.1, 0.15) is 22.0 Å². The number of nitrogens with one attached hydrogen (secondary N) is 4. The van der Waals surface area contributed by atoms with Gasteiger partial charge < -0.3 is 30.4 Å². The number of aliphatic hydroxyl groups excluding tert-OH is 1. The highest BCUT2D eigenvalue weighted by molar-refractivity contribution is 6.08. The number of fused-ring (bicyclic) bond motifs is 1. The SMILES string of the molecule is COc1cccc(C(=O)Nc2cccc3[nH]c(-c4c(NC[C@@H](O)c5ccccc5)cc[nH]c4=O)nc23)c1. The topological polar surface area (TPSA) is 132 Å². The Morgan fingerprint density at radius 3 is 2.65 bits per heavy atom. The minimum absolute atomic E-state index is 0.197. The lowest BCUT2D eigenvalue weighted by Gasteiger charge is -2.14. The molecule has 0 saturated carbocycles. The minimum atomic E-state index is -0.762. The first-order chi connectivity index (χ1) is 18.0. The molecule has 5 aromatic rings. The molecule has 5 rings (SSSR count). The third-order valence-corrected chi connectivity index (χ3v) is 5.96. The van der Waals surface area contributed by atoms with Crippen molar-refractivity contribution in [3.63, 3.8) is 0 Å². The number of aromatic amines is 2. The molecule has 0 saturated heterocycles. The number of methoxy groups -OCH3 is 1. The van der Waals surface area contributed by atoms with Crippen LogP contribution in [0.3, 0.4) is 0 Å². The van der Waals surface area contributed by atoms with Gasteiger partial charge in [-0.05, 0) is 42.0 Å². The number of ether oxygens (including phenoxy) is 1. The number of pyridine rings is 1. The molecule has 1 amide bonds. The maximum absolute atomic E-state index is 12.9. The predicted octanol–water partition coefficient (Wildman–Crippen LogP) is 4.32. The summed E-state index contributed by atoms with van der Waals surface area (Å²) in [5.74, 6) is 0.594. The summed E-state index contributed by atoms with van der Waals surface area (Å²) in [6.45, 7) is 0.197. The van der Waals surface area contributed by atoms with E-state index in [1.54, 1.807) is 49.6 Å². The maximum Gasteiger partial charge on any atom is 0.261 e. The van der Waals surface area contributed by atoms with Crippen LogP contribution in [0.25, 0.3) is 22.4 Å². The van der Waals surface area contributed by atoms with Gasteiger partial charge in [0.25, 0.3) is 11.5 Å². The average molecular weight is 496 g/mol. The highest BCUT2D eigenvalue weighted by Gasteiger charge is 2.18. The minimum Gasteiger partial charge on any atom is -0.497 e. The summed E-state index contributed by atoms with van der Waals surface area (Å²) in [6, 6.07) is 23.2. The van der Waals surface area contributed by atoms with Crippen LogP contribution in [0.2, 0.25) is 0 Å². The Labute approximate surface area is 212 Å². The van der Waals surface area contributed by atoms with Gasteiger partial charge in [0.2, 0.25) is 0 Å². The van der Waals surface area contributed by atoms with Crippen LogP contribution in [0, 0.1) is 0 Å².